The van der Waals surface area contributed by atoms with Crippen molar-refractivity contribution in [3.63, 3.8) is 0 Å². The van der Waals surface area contributed by atoms with Crippen LogP contribution in [0.1, 0.15) is 6.42 Å². The van der Waals surface area contributed by atoms with Gasteiger partial charge in [-0.25, -0.2) is 4.79 Å². The van der Waals surface area contributed by atoms with Gasteiger partial charge < -0.3 is 21.7 Å². The first-order valence-electron chi connectivity index (χ1n) is 4.63. The van der Waals surface area contributed by atoms with Crippen LogP contribution in [0.4, 0.5) is 4.79 Å². The molecule has 0 bridgehead atoms. The smallest absolute Gasteiger partial charge is 0.314 e. The van der Waals surface area contributed by atoms with Gasteiger partial charge in [-0.05, 0) is 0 Å². The van der Waals surface area contributed by atoms with E-state index < -0.39 is 0 Å². The molecule has 5 N–H and O–H groups in total. The number of hydrogen-bond donors (Lipinski definition) is 3. The second kappa shape index (κ2) is 4.80. The van der Waals surface area contributed by atoms with Crippen LogP contribution >= 0.6 is 0 Å². The monoisotopic (exact) mass is 200 g/mol. The zero-order valence-corrected chi connectivity index (χ0v) is 8.03. The maximum atomic E-state index is 10.6. The van der Waals surface area contributed by atoms with Gasteiger partial charge in [0.15, 0.2) is 0 Å². The van der Waals surface area contributed by atoms with Crippen LogP contribution in [0.3, 0.4) is 0 Å². The van der Waals surface area contributed by atoms with E-state index in [0.717, 1.165) is 6.54 Å². The minimum Gasteiger partial charge on any atom is -0.370 e. The standard InChI is InChI=1S/C8H16N4O2/c9-7(13)1-2-11-3-6-4-12(5-6)8(10)14/h6,11H,1-5H2,(H2,9,13)(H2,10,14). The van der Waals surface area contributed by atoms with E-state index in [1.54, 1.807) is 4.90 Å². The van der Waals surface area contributed by atoms with Crippen LogP contribution < -0.4 is 16.8 Å². The van der Waals surface area contributed by atoms with Crippen LogP contribution in [0.25, 0.3) is 0 Å². The highest BCUT2D eigenvalue weighted by Gasteiger charge is 2.28. The number of hydrogen-bond acceptors (Lipinski definition) is 3. The van der Waals surface area contributed by atoms with Gasteiger partial charge >= 0.3 is 6.03 Å². The Morgan fingerprint density at radius 2 is 2.00 bits per heavy atom. The fourth-order valence-corrected chi connectivity index (χ4v) is 1.40. The molecule has 14 heavy (non-hydrogen) atoms. The number of primary amides is 2. The van der Waals surface area contributed by atoms with Gasteiger partial charge in [0.05, 0.1) is 0 Å². The highest BCUT2D eigenvalue weighted by Crippen LogP contribution is 2.13. The van der Waals surface area contributed by atoms with E-state index in [4.69, 9.17) is 11.5 Å². The Balaban J connectivity index is 1.96. The molecule has 1 rings (SSSR count). The van der Waals surface area contributed by atoms with Gasteiger partial charge in [-0.3, -0.25) is 4.79 Å². The molecule has 0 aromatic carbocycles. The lowest BCUT2D eigenvalue weighted by molar-refractivity contribution is -0.117. The average Bonchev–Trinajstić information content (AvgIpc) is 1.98. The number of rotatable bonds is 5. The van der Waals surface area contributed by atoms with Gasteiger partial charge in [0, 0.05) is 38.5 Å². The first-order valence-corrected chi connectivity index (χ1v) is 4.63. The quantitative estimate of drug-likeness (QED) is 0.469. The minimum absolute atomic E-state index is 0.301. The van der Waals surface area contributed by atoms with Crippen LogP contribution in [0.5, 0.6) is 0 Å². The number of urea groups is 1. The van der Waals surface area contributed by atoms with Crippen LogP contribution in [-0.2, 0) is 4.79 Å². The van der Waals surface area contributed by atoms with Crippen LogP contribution in [0.2, 0.25) is 0 Å². The molecule has 6 heteroatoms. The van der Waals surface area contributed by atoms with E-state index >= 15 is 0 Å². The molecule has 6 nitrogen and oxygen atoms in total. The lowest BCUT2D eigenvalue weighted by Gasteiger charge is -2.38. The summed E-state index contributed by atoms with van der Waals surface area (Å²) < 4.78 is 0. The largest absolute Gasteiger partial charge is 0.370 e. The summed E-state index contributed by atoms with van der Waals surface area (Å²) in [6.07, 6.45) is 0.353. The van der Waals surface area contributed by atoms with Crippen molar-refractivity contribution in [2.24, 2.45) is 17.4 Å². The number of nitrogens with one attached hydrogen (secondary N) is 1. The summed E-state index contributed by atoms with van der Waals surface area (Å²) in [5.74, 6) is 0.153. The number of likely N-dealkylation sites (tertiary alicyclic amines) is 1. The van der Waals surface area contributed by atoms with Crippen molar-refractivity contribution in [1.29, 1.82) is 0 Å². The molecule has 0 aliphatic carbocycles. The van der Waals surface area contributed by atoms with Crippen LogP contribution in [0, 0.1) is 5.92 Å². The highest BCUT2D eigenvalue weighted by atomic mass is 16.2. The molecule has 0 unspecified atom stereocenters. The van der Waals surface area contributed by atoms with Gasteiger partial charge in [0.1, 0.15) is 0 Å². The average molecular weight is 200 g/mol. The molecular weight excluding hydrogens is 184 g/mol. The summed E-state index contributed by atoms with van der Waals surface area (Å²) in [6, 6.07) is -0.363. The van der Waals surface area contributed by atoms with Crippen molar-refractivity contribution in [2.45, 2.75) is 6.42 Å². The van der Waals surface area contributed by atoms with Crippen molar-refractivity contribution in [1.82, 2.24) is 10.2 Å². The third-order valence-electron chi connectivity index (χ3n) is 2.25. The maximum Gasteiger partial charge on any atom is 0.314 e. The lowest BCUT2D eigenvalue weighted by Crippen LogP contribution is -2.55. The van der Waals surface area contributed by atoms with Crippen LogP contribution in [-0.4, -0.2) is 43.0 Å². The van der Waals surface area contributed by atoms with Gasteiger partial charge in [-0.15, -0.1) is 0 Å². The highest BCUT2D eigenvalue weighted by molar-refractivity contribution is 5.74. The summed E-state index contributed by atoms with van der Waals surface area (Å²) >= 11 is 0. The predicted octanol–water partition coefficient (Wildman–Crippen LogP) is -1.54. The predicted molar refractivity (Wildman–Crippen MR) is 51.3 cm³/mol. The maximum absolute atomic E-state index is 10.6. The summed E-state index contributed by atoms with van der Waals surface area (Å²) in [6.45, 7) is 2.82. The van der Waals surface area contributed by atoms with Gasteiger partial charge in [0.2, 0.25) is 5.91 Å². The molecule has 1 aliphatic rings. The lowest BCUT2D eigenvalue weighted by atomic mass is 10.0. The van der Waals surface area contributed by atoms with Crippen molar-refractivity contribution in [2.75, 3.05) is 26.2 Å². The first-order chi connectivity index (χ1) is 6.59. The van der Waals surface area contributed by atoms with E-state index in [1.165, 1.54) is 0 Å². The van der Waals surface area contributed by atoms with Gasteiger partial charge in [-0.2, -0.15) is 0 Å². The van der Waals surface area contributed by atoms with E-state index in [9.17, 15) is 9.59 Å². The van der Waals surface area contributed by atoms with E-state index in [-0.39, 0.29) is 11.9 Å². The number of carbonyl (C=O) groups excluding carboxylic acids is 2. The molecule has 1 fully saturated rings. The number of nitrogens with zero attached hydrogens (tertiary/aromatic N) is 1. The molecule has 0 aromatic heterocycles. The second-order valence-electron chi connectivity index (χ2n) is 3.53. The molecule has 0 atom stereocenters. The Labute approximate surface area is 82.6 Å². The summed E-state index contributed by atoms with van der Waals surface area (Å²) in [5.41, 5.74) is 10.0. The molecule has 0 aromatic rings. The Kier molecular flexibility index (Phi) is 3.70. The molecular formula is C8H16N4O2. The zero-order chi connectivity index (χ0) is 10.6. The number of nitrogens with two attached hydrogens (primary N) is 2. The third-order valence-corrected chi connectivity index (χ3v) is 2.25. The molecule has 1 saturated heterocycles. The molecule has 0 saturated carbocycles. The third kappa shape index (κ3) is 3.21. The van der Waals surface area contributed by atoms with Crippen molar-refractivity contribution < 1.29 is 9.59 Å². The van der Waals surface area contributed by atoms with Crippen molar-refractivity contribution >= 4 is 11.9 Å². The number of carbonyl (C=O) groups is 2. The summed E-state index contributed by atoms with van der Waals surface area (Å²) in [4.78, 5) is 22.6. The molecule has 3 amide bonds. The van der Waals surface area contributed by atoms with E-state index in [2.05, 4.69) is 5.32 Å². The van der Waals surface area contributed by atoms with E-state index in [1.807, 2.05) is 0 Å². The number of amides is 3. The second-order valence-corrected chi connectivity index (χ2v) is 3.53. The van der Waals surface area contributed by atoms with Gasteiger partial charge in [-0.1, -0.05) is 0 Å². The normalized spacial score (nSPS) is 16.4. The molecule has 80 valence electrons. The Morgan fingerprint density at radius 3 is 2.50 bits per heavy atom. The topological polar surface area (TPSA) is 101 Å². The Bertz CT molecular complexity index is 225. The SMILES string of the molecule is NC(=O)CCNCC1CN(C(N)=O)C1. The fraction of sp³-hybridized carbons (Fsp3) is 0.750. The Hall–Kier alpha value is -1.30. The first kappa shape index (κ1) is 10.8. The van der Waals surface area contributed by atoms with Crippen molar-refractivity contribution in [3.05, 3.63) is 0 Å². The molecule has 0 radical (unpaired) electrons. The Morgan fingerprint density at radius 1 is 1.36 bits per heavy atom. The van der Waals surface area contributed by atoms with E-state index in [0.29, 0.717) is 32.0 Å². The van der Waals surface area contributed by atoms with Crippen LogP contribution in [0.15, 0.2) is 0 Å². The minimum atomic E-state index is -0.363. The molecule has 1 heterocycles. The molecule has 1 aliphatic heterocycles. The summed E-state index contributed by atoms with van der Waals surface area (Å²) in [7, 11) is 0. The van der Waals surface area contributed by atoms with Gasteiger partial charge in [0.25, 0.3) is 0 Å². The fourth-order valence-electron chi connectivity index (χ4n) is 1.40. The zero-order valence-electron chi connectivity index (χ0n) is 8.03. The van der Waals surface area contributed by atoms with Crippen molar-refractivity contribution in [3.8, 4) is 0 Å². The summed E-state index contributed by atoms with van der Waals surface area (Å²) in [5, 5.41) is 3.10. The molecule has 0 spiro atoms.